The van der Waals surface area contributed by atoms with Crippen molar-refractivity contribution < 1.29 is 13.9 Å². The highest BCUT2D eigenvalue weighted by Gasteiger charge is 2.29. The summed E-state index contributed by atoms with van der Waals surface area (Å²) < 4.78 is 18.6. The van der Waals surface area contributed by atoms with Crippen LogP contribution in [-0.2, 0) is 5.60 Å². The number of pyridine rings is 1. The standard InChI is InChI=1S/C18H25FN2O2/c1-11(2)17(16-7-6-14(19)9-20-16)21-10-18(5,22)15-8-12(3)23-13(15)4/h6-9,11,17,21-22H,10H2,1-5H3. The second-order valence-electron chi connectivity index (χ2n) is 6.60. The molecule has 2 aromatic heterocycles. The zero-order valence-electron chi connectivity index (χ0n) is 14.4. The van der Waals surface area contributed by atoms with Gasteiger partial charge >= 0.3 is 0 Å². The number of nitrogens with zero attached hydrogens (tertiary/aromatic N) is 1. The van der Waals surface area contributed by atoms with Gasteiger partial charge in [-0.05, 0) is 44.9 Å². The van der Waals surface area contributed by atoms with Crippen LogP contribution in [0.15, 0.2) is 28.8 Å². The number of nitrogens with one attached hydrogen (secondary N) is 1. The summed E-state index contributed by atoms with van der Waals surface area (Å²) in [4.78, 5) is 4.16. The minimum absolute atomic E-state index is 0.0737. The van der Waals surface area contributed by atoms with Crippen molar-refractivity contribution in [3.63, 3.8) is 0 Å². The SMILES string of the molecule is Cc1cc(C(C)(O)CNC(c2ccc(F)cn2)C(C)C)c(C)o1. The minimum Gasteiger partial charge on any atom is -0.466 e. The van der Waals surface area contributed by atoms with Crippen molar-refractivity contribution in [3.8, 4) is 0 Å². The van der Waals surface area contributed by atoms with Gasteiger partial charge in [0.15, 0.2) is 0 Å². The zero-order chi connectivity index (χ0) is 17.2. The summed E-state index contributed by atoms with van der Waals surface area (Å²) in [5.41, 5.74) is 0.476. The van der Waals surface area contributed by atoms with E-state index in [4.69, 9.17) is 4.42 Å². The molecule has 2 atom stereocenters. The van der Waals surface area contributed by atoms with Crippen LogP contribution in [0.3, 0.4) is 0 Å². The van der Waals surface area contributed by atoms with Gasteiger partial charge in [-0.15, -0.1) is 0 Å². The van der Waals surface area contributed by atoms with E-state index in [1.54, 1.807) is 13.0 Å². The zero-order valence-corrected chi connectivity index (χ0v) is 14.4. The molecule has 126 valence electrons. The van der Waals surface area contributed by atoms with Gasteiger partial charge < -0.3 is 14.8 Å². The third kappa shape index (κ3) is 4.18. The van der Waals surface area contributed by atoms with Crippen LogP contribution in [0.4, 0.5) is 4.39 Å². The predicted molar refractivity (Wildman–Crippen MR) is 87.5 cm³/mol. The monoisotopic (exact) mass is 320 g/mol. The number of aliphatic hydroxyl groups is 1. The molecule has 2 aromatic rings. The summed E-state index contributed by atoms with van der Waals surface area (Å²) in [5, 5.41) is 14.2. The molecule has 0 aliphatic rings. The molecule has 0 aliphatic heterocycles. The third-order valence-electron chi connectivity index (χ3n) is 4.02. The van der Waals surface area contributed by atoms with E-state index in [2.05, 4.69) is 24.1 Å². The van der Waals surface area contributed by atoms with Crippen molar-refractivity contribution in [2.75, 3.05) is 6.54 Å². The van der Waals surface area contributed by atoms with Crippen molar-refractivity contribution in [3.05, 3.63) is 53.0 Å². The molecule has 0 spiro atoms. The quantitative estimate of drug-likeness (QED) is 0.853. The van der Waals surface area contributed by atoms with Gasteiger partial charge in [0.1, 0.15) is 22.9 Å². The molecule has 2 N–H and O–H groups in total. The summed E-state index contributed by atoms with van der Waals surface area (Å²) in [6.07, 6.45) is 1.22. The van der Waals surface area contributed by atoms with E-state index >= 15 is 0 Å². The molecule has 2 rings (SSSR count). The molecule has 0 saturated carbocycles. The molecule has 23 heavy (non-hydrogen) atoms. The Balaban J connectivity index is 2.15. The van der Waals surface area contributed by atoms with Crippen LogP contribution in [0.1, 0.15) is 49.6 Å². The van der Waals surface area contributed by atoms with Crippen molar-refractivity contribution in [1.82, 2.24) is 10.3 Å². The Labute approximate surface area is 136 Å². The highest BCUT2D eigenvalue weighted by Crippen LogP contribution is 2.28. The van der Waals surface area contributed by atoms with Crippen molar-refractivity contribution in [1.29, 1.82) is 0 Å². The number of aromatic nitrogens is 1. The minimum atomic E-state index is -1.06. The summed E-state index contributed by atoms with van der Waals surface area (Å²) in [5.74, 6) is 1.39. The molecule has 4 nitrogen and oxygen atoms in total. The lowest BCUT2D eigenvalue weighted by molar-refractivity contribution is 0.0502. The van der Waals surface area contributed by atoms with E-state index in [0.29, 0.717) is 6.54 Å². The van der Waals surface area contributed by atoms with E-state index in [1.807, 2.05) is 19.9 Å². The lowest BCUT2D eigenvalue weighted by atomic mass is 9.94. The molecule has 0 bridgehead atoms. The molecule has 0 aliphatic carbocycles. The van der Waals surface area contributed by atoms with Gasteiger partial charge in [0.25, 0.3) is 0 Å². The molecule has 2 heterocycles. The fourth-order valence-corrected chi connectivity index (χ4v) is 2.82. The molecule has 2 unspecified atom stereocenters. The van der Waals surface area contributed by atoms with Crippen LogP contribution in [-0.4, -0.2) is 16.6 Å². The Bertz CT molecular complexity index is 648. The summed E-state index contributed by atoms with van der Waals surface area (Å²) >= 11 is 0. The number of hydrogen-bond acceptors (Lipinski definition) is 4. The first-order valence-electron chi connectivity index (χ1n) is 7.85. The highest BCUT2D eigenvalue weighted by atomic mass is 19.1. The maximum absolute atomic E-state index is 13.1. The van der Waals surface area contributed by atoms with Gasteiger partial charge in [-0.2, -0.15) is 0 Å². The lowest BCUT2D eigenvalue weighted by Crippen LogP contribution is -2.39. The number of aryl methyl sites for hydroxylation is 2. The summed E-state index contributed by atoms with van der Waals surface area (Å²) in [6, 6.07) is 4.86. The van der Waals surface area contributed by atoms with Gasteiger partial charge in [0, 0.05) is 12.1 Å². The van der Waals surface area contributed by atoms with E-state index in [-0.39, 0.29) is 17.8 Å². The first-order chi connectivity index (χ1) is 10.7. The van der Waals surface area contributed by atoms with Crippen LogP contribution in [0.5, 0.6) is 0 Å². The molecule has 0 aromatic carbocycles. The Morgan fingerprint density at radius 1 is 1.35 bits per heavy atom. The van der Waals surface area contributed by atoms with E-state index < -0.39 is 5.60 Å². The molecule has 0 radical (unpaired) electrons. The fourth-order valence-electron chi connectivity index (χ4n) is 2.82. The molecular formula is C18H25FN2O2. The maximum Gasteiger partial charge on any atom is 0.141 e. The van der Waals surface area contributed by atoms with Gasteiger partial charge in [0.2, 0.25) is 0 Å². The molecule has 0 fully saturated rings. The van der Waals surface area contributed by atoms with E-state index in [9.17, 15) is 9.50 Å². The van der Waals surface area contributed by atoms with Crippen molar-refractivity contribution >= 4 is 0 Å². The Hall–Kier alpha value is -1.72. The largest absolute Gasteiger partial charge is 0.466 e. The topological polar surface area (TPSA) is 58.3 Å². The van der Waals surface area contributed by atoms with E-state index in [0.717, 1.165) is 22.8 Å². The number of hydrogen-bond donors (Lipinski definition) is 2. The van der Waals surface area contributed by atoms with Crippen LogP contribution in [0.25, 0.3) is 0 Å². The summed E-state index contributed by atoms with van der Waals surface area (Å²) in [6.45, 7) is 9.93. The van der Waals surface area contributed by atoms with Crippen LogP contribution in [0.2, 0.25) is 0 Å². The number of rotatable bonds is 6. The third-order valence-corrected chi connectivity index (χ3v) is 4.02. The van der Waals surface area contributed by atoms with Crippen molar-refractivity contribution in [2.24, 2.45) is 5.92 Å². The molecule has 0 saturated heterocycles. The average Bonchev–Trinajstić information content (AvgIpc) is 2.80. The first kappa shape index (κ1) is 17.6. The van der Waals surface area contributed by atoms with Gasteiger partial charge in [-0.3, -0.25) is 4.98 Å². The maximum atomic E-state index is 13.1. The van der Waals surface area contributed by atoms with Crippen LogP contribution >= 0.6 is 0 Å². The number of halogens is 1. The Kier molecular flexibility index (Phi) is 5.22. The fraction of sp³-hybridized carbons (Fsp3) is 0.500. The van der Waals surface area contributed by atoms with Crippen LogP contribution in [0, 0.1) is 25.6 Å². The second-order valence-corrected chi connectivity index (χ2v) is 6.60. The molecule has 0 amide bonds. The smallest absolute Gasteiger partial charge is 0.141 e. The average molecular weight is 320 g/mol. The number of furan rings is 1. The van der Waals surface area contributed by atoms with Gasteiger partial charge in [0.05, 0.1) is 17.9 Å². The summed E-state index contributed by atoms with van der Waals surface area (Å²) in [7, 11) is 0. The Morgan fingerprint density at radius 3 is 2.52 bits per heavy atom. The normalized spacial score (nSPS) is 15.7. The van der Waals surface area contributed by atoms with Gasteiger partial charge in [-0.25, -0.2) is 4.39 Å². The Morgan fingerprint density at radius 2 is 2.04 bits per heavy atom. The molecular weight excluding hydrogens is 295 g/mol. The predicted octanol–water partition coefficient (Wildman–Crippen LogP) is 3.62. The highest BCUT2D eigenvalue weighted by molar-refractivity contribution is 5.27. The van der Waals surface area contributed by atoms with Crippen LogP contribution < -0.4 is 5.32 Å². The van der Waals surface area contributed by atoms with Gasteiger partial charge in [-0.1, -0.05) is 13.8 Å². The molecule has 5 heteroatoms. The lowest BCUT2D eigenvalue weighted by Gasteiger charge is -2.29. The van der Waals surface area contributed by atoms with Crippen molar-refractivity contribution in [2.45, 2.75) is 46.3 Å². The second kappa shape index (κ2) is 6.81. The van der Waals surface area contributed by atoms with E-state index in [1.165, 1.54) is 12.3 Å². The first-order valence-corrected chi connectivity index (χ1v) is 7.85.